The number of carbonyl (C=O) groups is 1. The van der Waals surface area contributed by atoms with E-state index in [9.17, 15) is 4.79 Å². The van der Waals surface area contributed by atoms with Crippen LogP contribution in [0.25, 0.3) is 0 Å². The summed E-state index contributed by atoms with van der Waals surface area (Å²) in [5.41, 5.74) is 6.66. The molecule has 5 nitrogen and oxygen atoms in total. The van der Waals surface area contributed by atoms with Gasteiger partial charge in [-0.3, -0.25) is 4.79 Å². The first kappa shape index (κ1) is 25.2. The van der Waals surface area contributed by atoms with Gasteiger partial charge in [0.05, 0.1) is 17.8 Å². The summed E-state index contributed by atoms with van der Waals surface area (Å²) in [7, 11) is 1.62. The maximum Gasteiger partial charge on any atom is 0.256 e. The summed E-state index contributed by atoms with van der Waals surface area (Å²) in [6, 6.07) is 24.1. The second kappa shape index (κ2) is 11.3. The van der Waals surface area contributed by atoms with E-state index in [1.165, 1.54) is 0 Å². The Morgan fingerprint density at radius 1 is 0.971 bits per heavy atom. The molecule has 0 radical (unpaired) electrons. The van der Waals surface area contributed by atoms with Crippen molar-refractivity contribution in [3.8, 4) is 5.75 Å². The fourth-order valence-corrected chi connectivity index (χ4v) is 5.36. The monoisotopic (exact) mass is 491 g/mol. The van der Waals surface area contributed by atoms with Crippen LogP contribution in [0.5, 0.6) is 5.75 Å². The molecule has 184 valence electrons. The number of carbonyl (C=O) groups excluding carboxylic acids is 1. The number of nitrogens with zero attached hydrogens (tertiary/aromatic N) is 2. The molecule has 0 bridgehead atoms. The molecule has 0 fully saturated rings. The van der Waals surface area contributed by atoms with E-state index in [0.717, 1.165) is 42.0 Å². The lowest BCUT2D eigenvalue weighted by Crippen LogP contribution is -2.49. The van der Waals surface area contributed by atoms with Crippen LogP contribution in [-0.4, -0.2) is 44.1 Å². The number of hydrogen-bond donors (Lipinski definition) is 1. The third-order valence-corrected chi connectivity index (χ3v) is 7.49. The van der Waals surface area contributed by atoms with Gasteiger partial charge in [-0.25, -0.2) is 10.4 Å². The van der Waals surface area contributed by atoms with E-state index in [1.807, 2.05) is 54.6 Å². The number of para-hydroxylation sites is 1. The highest BCUT2D eigenvalue weighted by atomic mass is 35.5. The highest BCUT2D eigenvalue weighted by molar-refractivity contribution is 6.32. The van der Waals surface area contributed by atoms with Crippen LogP contribution in [0.4, 0.5) is 5.69 Å². The largest absolute Gasteiger partial charge is 0.495 e. The highest BCUT2D eigenvalue weighted by Gasteiger charge is 2.51. The number of hydrogen-bond acceptors (Lipinski definition) is 4. The second-order valence-electron chi connectivity index (χ2n) is 8.80. The Bertz CT molecular complexity index is 1150. The van der Waals surface area contributed by atoms with Crippen molar-refractivity contribution in [1.29, 1.82) is 0 Å². The molecule has 35 heavy (non-hydrogen) atoms. The van der Waals surface area contributed by atoms with Crippen molar-refractivity contribution in [2.24, 2.45) is 0 Å². The van der Waals surface area contributed by atoms with Crippen LogP contribution >= 0.6 is 11.6 Å². The molecule has 0 saturated carbocycles. The lowest BCUT2D eigenvalue weighted by Gasteiger charge is -2.32. The first-order valence-corrected chi connectivity index (χ1v) is 12.7. The van der Waals surface area contributed by atoms with Gasteiger partial charge < -0.3 is 9.64 Å². The SMILES string of the molecule is CCN(CC)CCC1(c2ccccc2)C(=O)N(NCCc2cccc(OC)c2Cl)c2ccccc21. The van der Waals surface area contributed by atoms with Crippen molar-refractivity contribution in [1.82, 2.24) is 10.3 Å². The third kappa shape index (κ3) is 4.81. The van der Waals surface area contributed by atoms with Crippen LogP contribution in [0.1, 0.15) is 37.0 Å². The molecule has 1 aliphatic rings. The number of benzene rings is 3. The van der Waals surface area contributed by atoms with E-state index >= 15 is 0 Å². The molecule has 1 aliphatic heterocycles. The molecule has 0 aromatic heterocycles. The quantitative estimate of drug-likeness (QED) is 0.387. The minimum Gasteiger partial charge on any atom is -0.495 e. The van der Waals surface area contributed by atoms with Crippen molar-refractivity contribution in [2.75, 3.05) is 38.3 Å². The standard InChI is InChI=1S/C29H34ClN3O2/c1-4-32(5-2)21-19-29(23-13-7-6-8-14-23)24-15-9-10-16-25(24)33(28(29)34)31-20-18-22-12-11-17-26(35-3)27(22)30/h6-17,31H,4-5,18-21H2,1-3H3. The summed E-state index contributed by atoms with van der Waals surface area (Å²) in [6.07, 6.45) is 1.38. The maximum absolute atomic E-state index is 14.3. The lowest BCUT2D eigenvalue weighted by atomic mass is 9.72. The van der Waals surface area contributed by atoms with Gasteiger partial charge in [-0.1, -0.05) is 86.1 Å². The number of ether oxygens (including phenoxy) is 1. The zero-order valence-corrected chi connectivity index (χ0v) is 21.5. The summed E-state index contributed by atoms with van der Waals surface area (Å²) in [5, 5.41) is 2.36. The Morgan fingerprint density at radius 2 is 1.69 bits per heavy atom. The molecule has 0 aliphatic carbocycles. The van der Waals surface area contributed by atoms with Gasteiger partial charge in [0.15, 0.2) is 0 Å². The van der Waals surface area contributed by atoms with Crippen LogP contribution < -0.4 is 15.2 Å². The molecule has 1 unspecified atom stereocenters. The Morgan fingerprint density at radius 3 is 2.40 bits per heavy atom. The van der Waals surface area contributed by atoms with Crippen LogP contribution in [0, 0.1) is 0 Å². The minimum absolute atomic E-state index is 0.0637. The van der Waals surface area contributed by atoms with Crippen molar-refractivity contribution in [3.63, 3.8) is 0 Å². The Kier molecular flexibility index (Phi) is 8.11. The van der Waals surface area contributed by atoms with Gasteiger partial charge in [0.1, 0.15) is 11.2 Å². The van der Waals surface area contributed by atoms with Crippen LogP contribution in [0.2, 0.25) is 5.02 Å². The number of methoxy groups -OCH3 is 1. The van der Waals surface area contributed by atoms with E-state index in [-0.39, 0.29) is 5.91 Å². The summed E-state index contributed by atoms with van der Waals surface area (Å²) in [4.78, 5) is 16.7. The predicted molar refractivity (Wildman–Crippen MR) is 143 cm³/mol. The second-order valence-corrected chi connectivity index (χ2v) is 9.18. The molecule has 1 amide bonds. The molecule has 0 spiro atoms. The van der Waals surface area contributed by atoms with Crippen molar-refractivity contribution >= 4 is 23.2 Å². The van der Waals surface area contributed by atoms with Crippen LogP contribution in [-0.2, 0) is 16.6 Å². The van der Waals surface area contributed by atoms with Gasteiger partial charge in [0.25, 0.3) is 5.91 Å². The van der Waals surface area contributed by atoms with Crippen molar-refractivity contribution in [2.45, 2.75) is 32.1 Å². The molecule has 0 saturated heterocycles. The highest BCUT2D eigenvalue weighted by Crippen LogP contribution is 2.47. The lowest BCUT2D eigenvalue weighted by molar-refractivity contribution is -0.122. The zero-order valence-electron chi connectivity index (χ0n) is 20.8. The molecular weight excluding hydrogens is 458 g/mol. The van der Waals surface area contributed by atoms with Gasteiger partial charge in [0, 0.05) is 6.54 Å². The van der Waals surface area contributed by atoms with E-state index in [1.54, 1.807) is 12.1 Å². The summed E-state index contributed by atoms with van der Waals surface area (Å²) < 4.78 is 5.35. The Hall–Kier alpha value is -2.86. The smallest absolute Gasteiger partial charge is 0.256 e. The first-order valence-electron chi connectivity index (χ1n) is 12.3. The summed E-state index contributed by atoms with van der Waals surface area (Å²) >= 11 is 6.50. The van der Waals surface area contributed by atoms with E-state index < -0.39 is 5.41 Å². The Balaban J connectivity index is 1.65. The predicted octanol–water partition coefficient (Wildman–Crippen LogP) is 5.46. The van der Waals surface area contributed by atoms with E-state index in [0.29, 0.717) is 30.2 Å². The molecule has 4 rings (SSSR count). The number of hydrazine groups is 1. The number of anilines is 1. The van der Waals surface area contributed by atoms with E-state index in [4.69, 9.17) is 16.3 Å². The summed E-state index contributed by atoms with van der Waals surface area (Å²) in [6.45, 7) is 7.66. The van der Waals surface area contributed by atoms with Gasteiger partial charge >= 0.3 is 0 Å². The average molecular weight is 492 g/mol. The zero-order chi connectivity index (χ0) is 24.8. The molecule has 1 heterocycles. The molecule has 3 aromatic rings. The first-order chi connectivity index (χ1) is 17.1. The van der Waals surface area contributed by atoms with Crippen molar-refractivity contribution < 1.29 is 9.53 Å². The molecule has 3 aromatic carbocycles. The summed E-state index contributed by atoms with van der Waals surface area (Å²) in [5.74, 6) is 0.722. The van der Waals surface area contributed by atoms with Gasteiger partial charge in [-0.15, -0.1) is 0 Å². The maximum atomic E-state index is 14.3. The fraction of sp³-hybridized carbons (Fsp3) is 0.345. The third-order valence-electron chi connectivity index (χ3n) is 7.06. The number of rotatable bonds is 11. The number of halogens is 1. The topological polar surface area (TPSA) is 44.8 Å². The number of nitrogens with one attached hydrogen (secondary N) is 1. The van der Waals surface area contributed by atoms with Crippen LogP contribution in [0.3, 0.4) is 0 Å². The molecule has 6 heteroatoms. The molecule has 1 N–H and O–H groups in total. The fourth-order valence-electron chi connectivity index (χ4n) is 5.06. The Labute approximate surface area is 213 Å². The number of fused-ring (bicyclic) bond motifs is 1. The van der Waals surface area contributed by atoms with Gasteiger partial charge in [0.2, 0.25) is 0 Å². The van der Waals surface area contributed by atoms with Crippen LogP contribution in [0.15, 0.2) is 72.8 Å². The minimum atomic E-state index is -0.735. The average Bonchev–Trinajstić information content (AvgIpc) is 3.14. The van der Waals surface area contributed by atoms with Gasteiger partial charge in [-0.2, -0.15) is 0 Å². The number of amides is 1. The van der Waals surface area contributed by atoms with Gasteiger partial charge in [-0.05, 0) is 61.3 Å². The van der Waals surface area contributed by atoms with Crippen molar-refractivity contribution in [3.05, 3.63) is 94.5 Å². The molecule has 1 atom stereocenters. The van der Waals surface area contributed by atoms with E-state index in [2.05, 4.69) is 42.4 Å². The normalized spacial score (nSPS) is 17.2. The molecular formula is C29H34ClN3O2.